The van der Waals surface area contributed by atoms with Crippen molar-refractivity contribution in [1.82, 2.24) is 10.2 Å². The van der Waals surface area contributed by atoms with E-state index in [2.05, 4.69) is 16.8 Å². The first-order valence-electron chi connectivity index (χ1n) is 13.3. The van der Waals surface area contributed by atoms with Crippen LogP contribution in [-0.4, -0.2) is 89.0 Å². The summed E-state index contributed by atoms with van der Waals surface area (Å²) in [5, 5.41) is 38.3. The number of Topliss-reactive ketones (excluding diaryl/α,β-unsaturated/α-hetero) is 1. The van der Waals surface area contributed by atoms with Gasteiger partial charge in [-0.15, -0.1) is 6.58 Å². The molecule has 9 nitrogen and oxygen atoms in total. The smallest absolute Gasteiger partial charge is 0.409 e. The van der Waals surface area contributed by atoms with Crippen molar-refractivity contribution in [2.24, 2.45) is 28.6 Å². The van der Waals surface area contributed by atoms with Gasteiger partial charge in [0.1, 0.15) is 5.60 Å². The minimum atomic E-state index is -2.16. The van der Waals surface area contributed by atoms with Crippen molar-refractivity contribution in [2.45, 2.75) is 77.8 Å². The Balaban J connectivity index is 1.91. The van der Waals surface area contributed by atoms with Gasteiger partial charge in [0.15, 0.2) is 5.78 Å². The van der Waals surface area contributed by atoms with E-state index in [-0.39, 0.29) is 25.2 Å². The van der Waals surface area contributed by atoms with Crippen LogP contribution in [0.5, 0.6) is 0 Å². The van der Waals surface area contributed by atoms with E-state index in [9.17, 15) is 24.9 Å². The molecule has 1 aliphatic heterocycles. The number of aliphatic hydroxyl groups excluding tert-OH is 1. The normalized spacial score (nSPS) is 39.5. The molecular weight excluding hydrogens is 464 g/mol. The highest BCUT2D eigenvalue weighted by atomic mass is 16.7. The summed E-state index contributed by atoms with van der Waals surface area (Å²) in [7, 11) is 0. The Labute approximate surface area is 215 Å². The van der Waals surface area contributed by atoms with Crippen molar-refractivity contribution in [1.29, 1.82) is 0 Å². The number of ketones is 1. The number of fused-ring (bicyclic) bond motifs is 1. The molecule has 9 heteroatoms. The molecule has 0 radical (unpaired) electrons. The van der Waals surface area contributed by atoms with Gasteiger partial charge in [0, 0.05) is 44.9 Å². The number of hydrogen-bond donors (Lipinski definition) is 4. The molecule has 0 aromatic rings. The summed E-state index contributed by atoms with van der Waals surface area (Å²) in [6.07, 6.45) is 0.677. The third-order valence-electron chi connectivity index (χ3n) is 9.27. The van der Waals surface area contributed by atoms with Crippen LogP contribution in [-0.2, 0) is 14.3 Å². The topological polar surface area (TPSA) is 129 Å². The second-order valence-corrected chi connectivity index (χ2v) is 12.0. The van der Waals surface area contributed by atoms with Gasteiger partial charge in [0.25, 0.3) is 0 Å². The Bertz CT molecular complexity index is 829. The van der Waals surface area contributed by atoms with E-state index in [1.54, 1.807) is 19.9 Å². The first kappa shape index (κ1) is 29.0. The van der Waals surface area contributed by atoms with Gasteiger partial charge in [-0.2, -0.15) is 0 Å². The molecule has 0 aromatic heterocycles. The zero-order valence-corrected chi connectivity index (χ0v) is 22.6. The Morgan fingerprint density at radius 2 is 1.86 bits per heavy atom. The number of amides is 1. The quantitative estimate of drug-likeness (QED) is 0.289. The summed E-state index contributed by atoms with van der Waals surface area (Å²) in [6, 6.07) is 0. The molecule has 3 aliphatic rings. The lowest BCUT2D eigenvalue weighted by Gasteiger charge is -2.67. The number of rotatable bonds is 8. The lowest BCUT2D eigenvalue weighted by atomic mass is 9.41. The largest absolute Gasteiger partial charge is 0.416 e. The third kappa shape index (κ3) is 4.97. The van der Waals surface area contributed by atoms with E-state index in [1.165, 1.54) is 0 Å². The van der Waals surface area contributed by atoms with Crippen LogP contribution in [0.15, 0.2) is 12.7 Å². The molecule has 36 heavy (non-hydrogen) atoms. The number of carbonyl (C=O) groups excluding carboxylic acids is 2. The molecule has 2 saturated carbocycles. The van der Waals surface area contributed by atoms with E-state index in [1.807, 2.05) is 20.8 Å². The van der Waals surface area contributed by atoms with Crippen LogP contribution in [0, 0.1) is 28.6 Å². The number of hydrogen-bond acceptors (Lipinski definition) is 8. The van der Waals surface area contributed by atoms with E-state index in [0.717, 1.165) is 13.1 Å². The van der Waals surface area contributed by atoms with Crippen LogP contribution in [0.3, 0.4) is 0 Å². The number of carbonyl (C=O) groups is 2. The lowest BCUT2D eigenvalue weighted by Crippen LogP contribution is -2.78. The molecule has 3 rings (SSSR count). The predicted octanol–water partition coefficient (Wildman–Crippen LogP) is 2.09. The van der Waals surface area contributed by atoms with Crippen molar-refractivity contribution in [3.8, 4) is 0 Å². The molecule has 206 valence electrons. The third-order valence-corrected chi connectivity index (χ3v) is 9.27. The van der Waals surface area contributed by atoms with Crippen LogP contribution >= 0.6 is 0 Å². The van der Waals surface area contributed by atoms with Gasteiger partial charge >= 0.3 is 6.09 Å². The van der Waals surface area contributed by atoms with E-state index in [0.29, 0.717) is 32.7 Å². The minimum Gasteiger partial charge on any atom is -0.416 e. The maximum absolute atomic E-state index is 13.7. The van der Waals surface area contributed by atoms with E-state index < -0.39 is 52.0 Å². The molecule has 0 unspecified atom stereocenters. The average Bonchev–Trinajstić information content (AvgIpc) is 2.80. The van der Waals surface area contributed by atoms with E-state index in [4.69, 9.17) is 9.47 Å². The van der Waals surface area contributed by atoms with Crippen molar-refractivity contribution >= 4 is 11.9 Å². The van der Waals surface area contributed by atoms with Crippen molar-refractivity contribution in [3.05, 3.63) is 12.7 Å². The summed E-state index contributed by atoms with van der Waals surface area (Å²) in [6.45, 7) is 16.6. The number of aliphatic hydroxyl groups is 3. The fourth-order valence-corrected chi connectivity index (χ4v) is 7.14. The number of nitrogens with one attached hydrogen (secondary N) is 1. The summed E-state index contributed by atoms with van der Waals surface area (Å²) < 4.78 is 11.1. The van der Waals surface area contributed by atoms with Gasteiger partial charge in [-0.1, -0.05) is 33.8 Å². The van der Waals surface area contributed by atoms with Gasteiger partial charge in [0.2, 0.25) is 5.79 Å². The van der Waals surface area contributed by atoms with Crippen LogP contribution in [0.4, 0.5) is 4.79 Å². The molecule has 7 atom stereocenters. The van der Waals surface area contributed by atoms with Gasteiger partial charge in [-0.3, -0.25) is 9.69 Å². The van der Waals surface area contributed by atoms with Gasteiger partial charge in [-0.25, -0.2) is 4.79 Å². The molecule has 4 N–H and O–H groups in total. The van der Waals surface area contributed by atoms with Crippen LogP contribution in [0.25, 0.3) is 0 Å². The summed E-state index contributed by atoms with van der Waals surface area (Å²) >= 11 is 0. The number of ether oxygens (including phenoxy) is 2. The molecule has 3 fully saturated rings. The Kier molecular flexibility index (Phi) is 8.62. The fourth-order valence-electron chi connectivity index (χ4n) is 7.14. The fraction of sp³-hybridized carbons (Fsp3) is 0.852. The highest BCUT2D eigenvalue weighted by molar-refractivity contribution is 5.89. The Hall–Kier alpha value is -1.52. The van der Waals surface area contributed by atoms with Gasteiger partial charge in [-0.05, 0) is 37.0 Å². The summed E-state index contributed by atoms with van der Waals surface area (Å²) in [5.74, 6) is -4.12. The molecule has 1 saturated heterocycles. The summed E-state index contributed by atoms with van der Waals surface area (Å²) in [4.78, 5) is 28.8. The van der Waals surface area contributed by atoms with Gasteiger partial charge in [0.05, 0.1) is 24.7 Å². The number of allylic oxidation sites excluding steroid dienone is 1. The SMILES string of the molecule is C=C[C@@H](C)CC(=O)[C@]1(O)[C@@H](C)C[C@H](O)[C@H]2C(C)(C)CC[C@](O)(OC(=O)NCCN3CCOCC3)[C@@]21C. The average molecular weight is 511 g/mol. The number of alkyl carbamates (subject to hydrolysis) is 1. The van der Waals surface area contributed by atoms with E-state index >= 15 is 0 Å². The first-order chi connectivity index (χ1) is 16.7. The Morgan fingerprint density at radius 3 is 2.47 bits per heavy atom. The molecule has 1 heterocycles. The second-order valence-electron chi connectivity index (χ2n) is 12.0. The van der Waals surface area contributed by atoms with Crippen LogP contribution < -0.4 is 5.32 Å². The zero-order chi connectivity index (χ0) is 26.9. The molecule has 0 spiro atoms. The number of nitrogens with zero attached hydrogens (tertiary/aromatic N) is 1. The monoisotopic (exact) mass is 510 g/mol. The standard InChI is InChI=1S/C27H46N2O7/c1-7-18(2)16-21(31)27(34)19(3)17-20(30)22-24(4,5)8-9-26(33,25(22,27)6)36-23(32)28-10-11-29-12-14-35-15-13-29/h7,18-20,22,30,33-34H,1,8-17H2,2-6H3,(H,28,32)/t18-,19+,20+,22+,25-,26+,27-/m1/s1. The molecular formula is C27H46N2O7. The maximum Gasteiger partial charge on any atom is 0.409 e. The Morgan fingerprint density at radius 1 is 1.22 bits per heavy atom. The van der Waals surface area contributed by atoms with Crippen molar-refractivity contribution in [3.63, 3.8) is 0 Å². The second kappa shape index (κ2) is 10.7. The first-order valence-corrected chi connectivity index (χ1v) is 13.3. The molecule has 2 aliphatic carbocycles. The molecule has 0 bridgehead atoms. The minimum absolute atomic E-state index is 0.0327. The maximum atomic E-state index is 13.7. The molecule has 0 aromatic carbocycles. The molecule has 1 amide bonds. The zero-order valence-electron chi connectivity index (χ0n) is 22.6. The summed E-state index contributed by atoms with van der Waals surface area (Å²) in [5.41, 5.74) is -4.18. The van der Waals surface area contributed by atoms with Gasteiger partial charge < -0.3 is 30.1 Å². The van der Waals surface area contributed by atoms with Crippen LogP contribution in [0.2, 0.25) is 0 Å². The van der Waals surface area contributed by atoms with Crippen molar-refractivity contribution < 1.29 is 34.4 Å². The lowest BCUT2D eigenvalue weighted by molar-refractivity contribution is -0.361. The predicted molar refractivity (Wildman–Crippen MR) is 135 cm³/mol. The van der Waals surface area contributed by atoms with Crippen molar-refractivity contribution in [2.75, 3.05) is 39.4 Å². The van der Waals surface area contributed by atoms with Crippen LogP contribution in [0.1, 0.15) is 60.3 Å². The number of morpholine rings is 1. The highest BCUT2D eigenvalue weighted by Gasteiger charge is 2.76. The highest BCUT2D eigenvalue weighted by Crippen LogP contribution is 2.66.